The van der Waals surface area contributed by atoms with Crippen LogP contribution < -0.4 is 20.9 Å². The van der Waals surface area contributed by atoms with Gasteiger partial charge in [-0.3, -0.25) is 0 Å². The number of hydrogen-bond donors (Lipinski definition) is 2. The zero-order valence-electron chi connectivity index (χ0n) is 10.8. The van der Waals surface area contributed by atoms with Crippen molar-refractivity contribution in [2.24, 2.45) is 11.5 Å². The lowest BCUT2D eigenvalue weighted by molar-refractivity contribution is 0.174. The highest BCUT2D eigenvalue weighted by atomic mass is 19.1. The molecule has 2 aromatic carbocycles. The second-order valence-electron chi connectivity index (χ2n) is 4.75. The molecule has 1 unspecified atom stereocenters. The van der Waals surface area contributed by atoms with E-state index in [-0.39, 0.29) is 19.2 Å². The van der Waals surface area contributed by atoms with Crippen molar-refractivity contribution in [1.29, 1.82) is 0 Å². The fourth-order valence-electron chi connectivity index (χ4n) is 2.32. The Morgan fingerprint density at radius 1 is 1.00 bits per heavy atom. The quantitative estimate of drug-likeness (QED) is 0.894. The summed E-state index contributed by atoms with van der Waals surface area (Å²) in [6.07, 6.45) is 0. The van der Waals surface area contributed by atoms with E-state index in [1.54, 1.807) is 18.2 Å². The van der Waals surface area contributed by atoms with Gasteiger partial charge in [0.05, 0.1) is 5.54 Å². The van der Waals surface area contributed by atoms with Gasteiger partial charge in [0.25, 0.3) is 0 Å². The second kappa shape index (κ2) is 4.77. The van der Waals surface area contributed by atoms with E-state index in [9.17, 15) is 4.39 Å². The Bertz CT molecular complexity index is 630. The summed E-state index contributed by atoms with van der Waals surface area (Å²) in [5.41, 5.74) is 13.0. The Kier molecular flexibility index (Phi) is 3.08. The maximum Gasteiger partial charge on any atom is 0.231 e. The highest BCUT2D eigenvalue weighted by Crippen LogP contribution is 2.36. The number of ether oxygens (including phenoxy) is 2. The number of hydrogen-bond acceptors (Lipinski definition) is 4. The van der Waals surface area contributed by atoms with Crippen LogP contribution >= 0.6 is 0 Å². The summed E-state index contributed by atoms with van der Waals surface area (Å²) < 4.78 is 23.7. The lowest BCUT2D eigenvalue weighted by atomic mass is 9.83. The third-order valence-corrected chi connectivity index (χ3v) is 3.57. The molecule has 0 fully saturated rings. The number of halogens is 1. The molecule has 5 heteroatoms. The average molecular weight is 274 g/mol. The number of rotatable bonds is 3. The van der Waals surface area contributed by atoms with Gasteiger partial charge in [0.2, 0.25) is 6.79 Å². The molecule has 1 heterocycles. The van der Waals surface area contributed by atoms with Gasteiger partial charge in [-0.05, 0) is 35.4 Å². The number of nitrogens with two attached hydrogens (primary N) is 2. The van der Waals surface area contributed by atoms with Gasteiger partial charge >= 0.3 is 0 Å². The predicted molar refractivity (Wildman–Crippen MR) is 73.0 cm³/mol. The smallest absolute Gasteiger partial charge is 0.231 e. The van der Waals surface area contributed by atoms with Crippen LogP contribution in [0.5, 0.6) is 11.5 Å². The van der Waals surface area contributed by atoms with Crippen molar-refractivity contribution in [3.8, 4) is 11.5 Å². The van der Waals surface area contributed by atoms with Crippen LogP contribution in [0.15, 0.2) is 42.5 Å². The molecular formula is C15H15FN2O2. The molecule has 0 spiro atoms. The van der Waals surface area contributed by atoms with Crippen molar-refractivity contribution in [3.05, 3.63) is 59.4 Å². The lowest BCUT2D eigenvalue weighted by Crippen LogP contribution is -2.45. The van der Waals surface area contributed by atoms with E-state index in [1.807, 2.05) is 12.1 Å². The van der Waals surface area contributed by atoms with E-state index in [0.717, 1.165) is 11.1 Å². The Morgan fingerprint density at radius 3 is 2.35 bits per heavy atom. The minimum atomic E-state index is -0.894. The fourth-order valence-corrected chi connectivity index (χ4v) is 2.32. The standard InChI is InChI=1S/C15H15FN2O2/c16-12-4-1-10(2-5-12)15(18,8-17)11-3-6-13-14(7-11)20-9-19-13/h1-7H,8-9,17-18H2. The topological polar surface area (TPSA) is 70.5 Å². The van der Waals surface area contributed by atoms with E-state index >= 15 is 0 Å². The van der Waals surface area contributed by atoms with Gasteiger partial charge in [-0.25, -0.2) is 4.39 Å². The van der Waals surface area contributed by atoms with Crippen molar-refractivity contribution < 1.29 is 13.9 Å². The van der Waals surface area contributed by atoms with Crippen LogP contribution in [0.4, 0.5) is 4.39 Å². The summed E-state index contributed by atoms with van der Waals surface area (Å²) in [6.45, 7) is 0.397. The monoisotopic (exact) mass is 274 g/mol. The predicted octanol–water partition coefficient (Wildman–Crippen LogP) is 1.72. The highest BCUT2D eigenvalue weighted by Gasteiger charge is 2.30. The molecule has 2 aromatic rings. The third-order valence-electron chi connectivity index (χ3n) is 3.57. The van der Waals surface area contributed by atoms with Gasteiger partial charge in [0.1, 0.15) is 5.82 Å². The van der Waals surface area contributed by atoms with Crippen LogP contribution in [0.3, 0.4) is 0 Å². The first-order valence-electron chi connectivity index (χ1n) is 6.28. The van der Waals surface area contributed by atoms with Crippen LogP contribution in [-0.4, -0.2) is 13.3 Å². The molecule has 20 heavy (non-hydrogen) atoms. The van der Waals surface area contributed by atoms with Crippen molar-refractivity contribution >= 4 is 0 Å². The Labute approximate surface area is 116 Å². The van der Waals surface area contributed by atoms with Crippen molar-refractivity contribution in [2.75, 3.05) is 13.3 Å². The molecule has 0 saturated heterocycles. The Hall–Kier alpha value is -2.11. The van der Waals surface area contributed by atoms with Gasteiger partial charge in [0.15, 0.2) is 11.5 Å². The maximum absolute atomic E-state index is 13.1. The Balaban J connectivity index is 2.06. The SMILES string of the molecule is NCC(N)(c1ccc(F)cc1)c1ccc2c(c1)OCO2. The summed E-state index contributed by atoms with van der Waals surface area (Å²) in [5, 5.41) is 0. The molecular weight excluding hydrogens is 259 g/mol. The lowest BCUT2D eigenvalue weighted by Gasteiger charge is -2.29. The number of benzene rings is 2. The zero-order valence-corrected chi connectivity index (χ0v) is 10.8. The summed E-state index contributed by atoms with van der Waals surface area (Å²) >= 11 is 0. The van der Waals surface area contributed by atoms with Crippen molar-refractivity contribution in [2.45, 2.75) is 5.54 Å². The van der Waals surface area contributed by atoms with E-state index in [0.29, 0.717) is 11.5 Å². The molecule has 0 aromatic heterocycles. The zero-order chi connectivity index (χ0) is 14.2. The molecule has 1 atom stereocenters. The van der Waals surface area contributed by atoms with Crippen LogP contribution in [0.25, 0.3) is 0 Å². The van der Waals surface area contributed by atoms with Gasteiger partial charge in [-0.15, -0.1) is 0 Å². The molecule has 4 N–H and O–H groups in total. The molecule has 0 saturated carbocycles. The van der Waals surface area contributed by atoms with E-state index in [2.05, 4.69) is 0 Å². The van der Waals surface area contributed by atoms with E-state index in [4.69, 9.17) is 20.9 Å². The van der Waals surface area contributed by atoms with Gasteiger partial charge in [-0.1, -0.05) is 18.2 Å². The van der Waals surface area contributed by atoms with Gasteiger partial charge in [0, 0.05) is 6.54 Å². The third kappa shape index (κ3) is 2.01. The fraction of sp³-hybridized carbons (Fsp3) is 0.200. The van der Waals surface area contributed by atoms with E-state index in [1.165, 1.54) is 12.1 Å². The Morgan fingerprint density at radius 2 is 1.65 bits per heavy atom. The molecule has 4 nitrogen and oxygen atoms in total. The maximum atomic E-state index is 13.1. The second-order valence-corrected chi connectivity index (χ2v) is 4.75. The van der Waals surface area contributed by atoms with Crippen LogP contribution in [-0.2, 0) is 5.54 Å². The first-order chi connectivity index (χ1) is 9.63. The van der Waals surface area contributed by atoms with Crippen LogP contribution in [0.2, 0.25) is 0 Å². The largest absolute Gasteiger partial charge is 0.454 e. The molecule has 0 amide bonds. The molecule has 3 rings (SSSR count). The molecule has 0 bridgehead atoms. The minimum Gasteiger partial charge on any atom is -0.454 e. The first kappa shape index (κ1) is 12.9. The first-order valence-corrected chi connectivity index (χ1v) is 6.28. The van der Waals surface area contributed by atoms with Gasteiger partial charge in [-0.2, -0.15) is 0 Å². The molecule has 104 valence electrons. The highest BCUT2D eigenvalue weighted by molar-refractivity contribution is 5.49. The summed E-state index contributed by atoms with van der Waals surface area (Å²) in [6, 6.07) is 11.5. The van der Waals surface area contributed by atoms with Crippen molar-refractivity contribution in [3.63, 3.8) is 0 Å². The summed E-state index contributed by atoms with van der Waals surface area (Å²) in [7, 11) is 0. The summed E-state index contributed by atoms with van der Waals surface area (Å²) in [4.78, 5) is 0. The van der Waals surface area contributed by atoms with Crippen LogP contribution in [0, 0.1) is 5.82 Å². The molecule has 1 aliphatic rings. The minimum absolute atomic E-state index is 0.193. The van der Waals surface area contributed by atoms with E-state index < -0.39 is 5.54 Å². The molecule has 0 radical (unpaired) electrons. The van der Waals surface area contributed by atoms with Crippen molar-refractivity contribution in [1.82, 2.24) is 0 Å². The van der Waals surface area contributed by atoms with Crippen LogP contribution in [0.1, 0.15) is 11.1 Å². The average Bonchev–Trinajstić information content (AvgIpc) is 2.94. The normalized spacial score (nSPS) is 15.9. The molecule has 0 aliphatic carbocycles. The summed E-state index contributed by atoms with van der Waals surface area (Å²) in [5.74, 6) is 1.03. The number of fused-ring (bicyclic) bond motifs is 1. The molecule has 1 aliphatic heterocycles. The van der Waals surface area contributed by atoms with Gasteiger partial charge < -0.3 is 20.9 Å².